The van der Waals surface area contributed by atoms with Crippen LogP contribution in [0.2, 0.25) is 0 Å². The molecule has 4 rings (SSSR count). The molecule has 0 aliphatic carbocycles. The predicted molar refractivity (Wildman–Crippen MR) is 124 cm³/mol. The van der Waals surface area contributed by atoms with Gasteiger partial charge >= 0.3 is 0 Å². The second kappa shape index (κ2) is 7.63. The molecule has 0 bridgehead atoms. The van der Waals surface area contributed by atoms with Crippen molar-refractivity contribution in [3.63, 3.8) is 0 Å². The first-order valence-electron chi connectivity index (χ1n) is 10.0. The Hall–Kier alpha value is -2.67. The summed E-state index contributed by atoms with van der Waals surface area (Å²) in [5, 5.41) is 12.4. The zero-order chi connectivity index (χ0) is 20.7. The molecule has 0 amide bonds. The molecule has 6 heteroatoms. The molecule has 0 aliphatic rings. The topological polar surface area (TPSA) is 53.6 Å². The molecule has 1 heterocycles. The van der Waals surface area contributed by atoms with Gasteiger partial charge in [0.25, 0.3) is 0 Å². The van der Waals surface area contributed by atoms with Crippen molar-refractivity contribution < 1.29 is 0 Å². The van der Waals surface area contributed by atoms with Gasteiger partial charge in [-0.2, -0.15) is 5.10 Å². The smallest absolute Gasteiger partial charge is 0.101 e. The maximum Gasteiger partial charge on any atom is 0.101 e. The summed E-state index contributed by atoms with van der Waals surface area (Å²) in [4.78, 5) is 4.31. The monoisotopic (exact) mass is 390 g/mol. The second-order valence-electron chi connectivity index (χ2n) is 8.25. The molecule has 0 fully saturated rings. The summed E-state index contributed by atoms with van der Waals surface area (Å²) in [5.74, 6) is 6.47. The van der Waals surface area contributed by atoms with Gasteiger partial charge in [-0.25, -0.2) is 5.84 Å². The highest BCUT2D eigenvalue weighted by Crippen LogP contribution is 2.33. The lowest BCUT2D eigenvalue weighted by atomic mass is 9.98. The van der Waals surface area contributed by atoms with E-state index in [-0.39, 0.29) is 0 Å². The fourth-order valence-corrected chi connectivity index (χ4v) is 3.99. The average Bonchev–Trinajstić information content (AvgIpc) is 3.07. The van der Waals surface area contributed by atoms with Crippen molar-refractivity contribution in [2.45, 2.75) is 6.54 Å². The molecule has 0 atom stereocenters. The average molecular weight is 391 g/mol. The molecule has 0 aliphatic heterocycles. The second-order valence-corrected chi connectivity index (χ2v) is 8.25. The Morgan fingerprint density at radius 3 is 2.31 bits per heavy atom. The third-order valence-corrected chi connectivity index (χ3v) is 5.56. The van der Waals surface area contributed by atoms with Gasteiger partial charge in [-0.15, -0.1) is 0 Å². The molecule has 0 spiro atoms. The van der Waals surface area contributed by atoms with E-state index in [1.807, 2.05) is 5.01 Å². The number of hydrogen-bond donors (Lipinski definition) is 1. The number of nitrogens with zero attached hydrogens (tertiary/aromatic N) is 5. The highest BCUT2D eigenvalue weighted by Gasteiger charge is 2.18. The minimum absolute atomic E-state index is 0.741. The van der Waals surface area contributed by atoms with Crippen LogP contribution in [0.3, 0.4) is 0 Å². The van der Waals surface area contributed by atoms with Gasteiger partial charge < -0.3 is 14.8 Å². The van der Waals surface area contributed by atoms with Gasteiger partial charge in [-0.05, 0) is 50.9 Å². The van der Waals surface area contributed by atoms with Crippen LogP contribution in [0.5, 0.6) is 0 Å². The van der Waals surface area contributed by atoms with E-state index in [4.69, 9.17) is 10.9 Å². The van der Waals surface area contributed by atoms with E-state index in [1.54, 1.807) is 0 Å². The molecule has 6 nitrogen and oxygen atoms in total. The van der Waals surface area contributed by atoms with Gasteiger partial charge in [0.05, 0.1) is 17.7 Å². The van der Waals surface area contributed by atoms with Crippen molar-refractivity contribution in [2.24, 2.45) is 5.84 Å². The minimum atomic E-state index is 0.741. The normalized spacial score (nSPS) is 12.2. The number of aromatic nitrogens is 2. The Morgan fingerprint density at radius 2 is 1.59 bits per heavy atom. The SMILES string of the molecule is C=c1c2cccc3c2c(nn3CCN(C)C)c2cccc(N(N)CCN(C)C)c12. The van der Waals surface area contributed by atoms with Crippen LogP contribution >= 0.6 is 0 Å². The van der Waals surface area contributed by atoms with Gasteiger partial charge in [0.15, 0.2) is 0 Å². The highest BCUT2D eigenvalue weighted by molar-refractivity contribution is 6.21. The summed E-state index contributed by atoms with van der Waals surface area (Å²) in [6, 6.07) is 12.7. The first-order chi connectivity index (χ1) is 13.9. The van der Waals surface area contributed by atoms with Gasteiger partial charge in [0, 0.05) is 35.8 Å². The summed E-state index contributed by atoms with van der Waals surface area (Å²) in [7, 11) is 8.29. The van der Waals surface area contributed by atoms with Gasteiger partial charge in [0.1, 0.15) is 5.52 Å². The summed E-state index contributed by atoms with van der Waals surface area (Å²) in [6.45, 7) is 7.87. The quantitative estimate of drug-likeness (QED) is 0.298. The highest BCUT2D eigenvalue weighted by atomic mass is 15.4. The number of anilines is 1. The Labute approximate surface area is 171 Å². The third-order valence-electron chi connectivity index (χ3n) is 5.56. The van der Waals surface area contributed by atoms with E-state index in [0.717, 1.165) is 64.3 Å². The van der Waals surface area contributed by atoms with E-state index in [0.29, 0.717) is 0 Å². The fourth-order valence-electron chi connectivity index (χ4n) is 3.99. The molecule has 0 unspecified atom stereocenters. The van der Waals surface area contributed by atoms with Crippen LogP contribution < -0.4 is 16.1 Å². The van der Waals surface area contributed by atoms with Gasteiger partial charge in [-0.1, -0.05) is 30.8 Å². The Morgan fingerprint density at radius 1 is 0.897 bits per heavy atom. The molecule has 29 heavy (non-hydrogen) atoms. The zero-order valence-corrected chi connectivity index (χ0v) is 17.8. The summed E-state index contributed by atoms with van der Waals surface area (Å²) < 4.78 is 2.12. The van der Waals surface area contributed by atoms with Crippen LogP contribution in [-0.2, 0) is 6.54 Å². The van der Waals surface area contributed by atoms with Crippen molar-refractivity contribution in [1.82, 2.24) is 19.6 Å². The predicted octanol–water partition coefficient (Wildman–Crippen LogP) is 2.28. The molecule has 152 valence electrons. The van der Waals surface area contributed by atoms with Crippen LogP contribution in [0, 0.1) is 0 Å². The zero-order valence-electron chi connectivity index (χ0n) is 17.8. The number of hydrazine groups is 1. The number of fused-ring (bicyclic) bond motifs is 2. The summed E-state index contributed by atoms with van der Waals surface area (Å²) in [6.07, 6.45) is 0. The van der Waals surface area contributed by atoms with Crippen LogP contribution in [0.4, 0.5) is 5.69 Å². The van der Waals surface area contributed by atoms with Crippen molar-refractivity contribution in [2.75, 3.05) is 52.8 Å². The van der Waals surface area contributed by atoms with Crippen molar-refractivity contribution in [3.8, 4) is 0 Å². The first-order valence-corrected chi connectivity index (χ1v) is 10.0. The Bertz CT molecular complexity index is 1210. The van der Waals surface area contributed by atoms with E-state index in [1.165, 1.54) is 5.39 Å². The maximum atomic E-state index is 6.47. The van der Waals surface area contributed by atoms with Crippen LogP contribution in [0.25, 0.3) is 39.2 Å². The van der Waals surface area contributed by atoms with E-state index in [9.17, 15) is 0 Å². The van der Waals surface area contributed by atoms with E-state index < -0.39 is 0 Å². The number of nitrogens with two attached hydrogens (primary N) is 1. The van der Waals surface area contributed by atoms with Crippen molar-refractivity contribution in [3.05, 3.63) is 41.6 Å². The fraction of sp³-hybridized carbons (Fsp3) is 0.348. The largest absolute Gasteiger partial charge is 0.309 e. The molecule has 2 N–H and O–H groups in total. The van der Waals surface area contributed by atoms with Gasteiger partial charge in [-0.3, -0.25) is 4.68 Å². The summed E-state index contributed by atoms with van der Waals surface area (Å²) in [5.41, 5.74) is 3.19. The lowest BCUT2D eigenvalue weighted by Crippen LogP contribution is -2.37. The first kappa shape index (κ1) is 19.6. The van der Waals surface area contributed by atoms with E-state index in [2.05, 4.69) is 85.6 Å². The lowest BCUT2D eigenvalue weighted by molar-refractivity contribution is 0.377. The van der Waals surface area contributed by atoms with Crippen LogP contribution in [0.15, 0.2) is 36.4 Å². The van der Waals surface area contributed by atoms with Crippen LogP contribution in [-0.4, -0.2) is 67.4 Å². The molecule has 3 aromatic carbocycles. The third kappa shape index (κ3) is 3.44. The molecular formula is C23H30N6. The van der Waals surface area contributed by atoms with E-state index >= 15 is 0 Å². The molecule has 0 saturated carbocycles. The maximum absolute atomic E-state index is 6.47. The van der Waals surface area contributed by atoms with Crippen molar-refractivity contribution >= 4 is 44.8 Å². The van der Waals surface area contributed by atoms with Crippen molar-refractivity contribution in [1.29, 1.82) is 0 Å². The molecule has 1 aromatic heterocycles. The summed E-state index contributed by atoms with van der Waals surface area (Å²) >= 11 is 0. The number of likely N-dealkylation sites (N-methyl/N-ethyl adjacent to an activating group) is 2. The molecule has 4 aromatic rings. The number of benzene rings is 3. The van der Waals surface area contributed by atoms with Gasteiger partial charge in [0.2, 0.25) is 0 Å². The lowest BCUT2D eigenvalue weighted by Gasteiger charge is -2.23. The molecule has 0 radical (unpaired) electrons. The molecule has 0 saturated heterocycles. The molecular weight excluding hydrogens is 360 g/mol. The van der Waals surface area contributed by atoms with Crippen LogP contribution in [0.1, 0.15) is 0 Å². The standard InChI is InChI=1S/C23H30N6/c1-16-17-8-6-11-20-22(17)23(25-29(20)15-13-27(4)5)18-9-7-10-19(21(16)18)28(24)14-12-26(2)3/h6-11H,1,12-15,24H2,2-5H3. The minimum Gasteiger partial charge on any atom is -0.309 e. The Balaban J connectivity index is 1.96. The number of rotatable bonds is 7. The Kier molecular flexibility index (Phi) is 5.17. The number of hydrogen-bond acceptors (Lipinski definition) is 5.